The van der Waals surface area contributed by atoms with Crippen LogP contribution in [0.2, 0.25) is 0 Å². The molecule has 33 heavy (non-hydrogen) atoms. The summed E-state index contributed by atoms with van der Waals surface area (Å²) in [5.74, 6) is -0.542. The van der Waals surface area contributed by atoms with Gasteiger partial charge in [-0.25, -0.2) is 4.79 Å². The Labute approximate surface area is 193 Å². The zero-order valence-electron chi connectivity index (χ0n) is 19.3. The van der Waals surface area contributed by atoms with Gasteiger partial charge in [0.25, 0.3) is 5.91 Å². The zero-order valence-corrected chi connectivity index (χ0v) is 19.3. The molecule has 0 radical (unpaired) electrons. The summed E-state index contributed by atoms with van der Waals surface area (Å²) < 4.78 is 11.5. The molecule has 0 saturated heterocycles. The van der Waals surface area contributed by atoms with Crippen LogP contribution in [0.5, 0.6) is 5.75 Å². The van der Waals surface area contributed by atoms with Crippen molar-refractivity contribution in [3.8, 4) is 5.75 Å². The summed E-state index contributed by atoms with van der Waals surface area (Å²) in [6.45, 7) is 2.10. The molecule has 1 aliphatic heterocycles. The SMILES string of the molecule is COC(=O)c1cc2n(n1)CC(C)(C(=O)NC1CCCCC1)N(Cc1cccc(OC)c1)C2=O. The Bertz CT molecular complexity index is 1060. The maximum atomic E-state index is 13.6. The molecule has 2 amide bonds. The predicted molar refractivity (Wildman–Crippen MR) is 120 cm³/mol. The highest BCUT2D eigenvalue weighted by Crippen LogP contribution is 2.31. The van der Waals surface area contributed by atoms with Crippen LogP contribution in [0.1, 0.15) is 65.6 Å². The van der Waals surface area contributed by atoms with E-state index in [4.69, 9.17) is 9.47 Å². The fraction of sp³-hybridized carbons (Fsp3) is 0.500. The van der Waals surface area contributed by atoms with E-state index in [1.54, 1.807) is 18.9 Å². The van der Waals surface area contributed by atoms with E-state index in [-0.39, 0.29) is 42.3 Å². The average molecular weight is 455 g/mol. The van der Waals surface area contributed by atoms with Crippen LogP contribution in [0.3, 0.4) is 0 Å². The van der Waals surface area contributed by atoms with Gasteiger partial charge < -0.3 is 19.7 Å². The van der Waals surface area contributed by atoms with Crippen LogP contribution in [-0.4, -0.2) is 58.3 Å². The lowest BCUT2D eigenvalue weighted by molar-refractivity contribution is -0.134. The number of fused-ring (bicyclic) bond motifs is 1. The van der Waals surface area contributed by atoms with Crippen molar-refractivity contribution in [2.24, 2.45) is 0 Å². The second kappa shape index (κ2) is 9.25. The number of nitrogens with one attached hydrogen (secondary N) is 1. The number of methoxy groups -OCH3 is 2. The Morgan fingerprint density at radius 3 is 2.64 bits per heavy atom. The molecule has 4 rings (SSSR count). The molecule has 1 N–H and O–H groups in total. The van der Waals surface area contributed by atoms with E-state index in [9.17, 15) is 14.4 Å². The maximum Gasteiger partial charge on any atom is 0.358 e. The molecule has 2 aliphatic rings. The van der Waals surface area contributed by atoms with Crippen LogP contribution in [0.4, 0.5) is 0 Å². The minimum absolute atomic E-state index is 0.0409. The van der Waals surface area contributed by atoms with Crippen LogP contribution in [0.15, 0.2) is 30.3 Å². The minimum atomic E-state index is -1.19. The maximum absolute atomic E-state index is 13.6. The first-order chi connectivity index (χ1) is 15.9. The van der Waals surface area contributed by atoms with Crippen molar-refractivity contribution in [2.45, 2.75) is 63.7 Å². The second-order valence-corrected chi connectivity index (χ2v) is 8.89. The van der Waals surface area contributed by atoms with Gasteiger partial charge in [-0.1, -0.05) is 31.4 Å². The molecule has 1 unspecified atom stereocenters. The first-order valence-corrected chi connectivity index (χ1v) is 11.3. The fourth-order valence-electron chi connectivity index (χ4n) is 4.64. The fourth-order valence-corrected chi connectivity index (χ4v) is 4.64. The molecule has 0 bridgehead atoms. The van der Waals surface area contributed by atoms with E-state index >= 15 is 0 Å². The van der Waals surface area contributed by atoms with Crippen LogP contribution in [0, 0.1) is 0 Å². The quantitative estimate of drug-likeness (QED) is 0.673. The van der Waals surface area contributed by atoms with Crippen molar-refractivity contribution in [1.29, 1.82) is 0 Å². The van der Waals surface area contributed by atoms with Gasteiger partial charge in [-0.05, 0) is 37.5 Å². The van der Waals surface area contributed by atoms with E-state index in [1.165, 1.54) is 24.3 Å². The Hall–Kier alpha value is -3.36. The number of rotatable bonds is 6. The van der Waals surface area contributed by atoms with E-state index in [1.807, 2.05) is 24.3 Å². The lowest BCUT2D eigenvalue weighted by atomic mass is 9.91. The Morgan fingerprint density at radius 2 is 1.94 bits per heavy atom. The topological polar surface area (TPSA) is 103 Å². The number of amides is 2. The highest BCUT2D eigenvalue weighted by molar-refractivity contribution is 6.01. The molecule has 176 valence electrons. The number of carbonyl (C=O) groups is 3. The molecule has 1 aromatic carbocycles. The summed E-state index contributed by atoms with van der Waals surface area (Å²) in [6.07, 6.45) is 5.22. The third-order valence-corrected chi connectivity index (χ3v) is 6.60. The number of carbonyl (C=O) groups excluding carboxylic acids is 3. The third-order valence-electron chi connectivity index (χ3n) is 6.60. The van der Waals surface area contributed by atoms with Crippen molar-refractivity contribution in [3.63, 3.8) is 0 Å². The number of nitrogens with zero attached hydrogens (tertiary/aromatic N) is 3. The van der Waals surface area contributed by atoms with Gasteiger partial charge >= 0.3 is 5.97 Å². The number of hydrogen-bond donors (Lipinski definition) is 1. The minimum Gasteiger partial charge on any atom is -0.497 e. The molecule has 2 heterocycles. The number of hydrogen-bond acceptors (Lipinski definition) is 6. The van der Waals surface area contributed by atoms with Gasteiger partial charge in [0.05, 0.1) is 20.8 Å². The van der Waals surface area contributed by atoms with E-state index in [0.29, 0.717) is 5.75 Å². The Morgan fingerprint density at radius 1 is 1.18 bits per heavy atom. The summed E-state index contributed by atoms with van der Waals surface area (Å²) in [5.41, 5.74) is -0.0646. The van der Waals surface area contributed by atoms with E-state index in [0.717, 1.165) is 31.2 Å². The first kappa shape index (κ1) is 22.8. The average Bonchev–Trinajstić information content (AvgIpc) is 3.26. The largest absolute Gasteiger partial charge is 0.497 e. The normalized spacial score (nSPS) is 20.8. The molecular formula is C24H30N4O5. The van der Waals surface area contributed by atoms with Gasteiger partial charge in [0.15, 0.2) is 5.69 Å². The van der Waals surface area contributed by atoms with Crippen molar-refractivity contribution >= 4 is 17.8 Å². The Kier molecular flexibility index (Phi) is 6.40. The third kappa shape index (κ3) is 4.44. The van der Waals surface area contributed by atoms with Gasteiger partial charge in [-0.15, -0.1) is 0 Å². The number of ether oxygens (including phenoxy) is 2. The summed E-state index contributed by atoms with van der Waals surface area (Å²) in [7, 11) is 2.85. The number of aromatic nitrogens is 2. The smallest absolute Gasteiger partial charge is 0.358 e. The van der Waals surface area contributed by atoms with Crippen molar-refractivity contribution in [2.75, 3.05) is 14.2 Å². The van der Waals surface area contributed by atoms with Crippen LogP contribution in [-0.2, 0) is 22.6 Å². The van der Waals surface area contributed by atoms with Crippen LogP contribution >= 0.6 is 0 Å². The number of benzene rings is 1. The predicted octanol–water partition coefficient (Wildman–Crippen LogP) is 2.54. The molecule has 1 fully saturated rings. The monoisotopic (exact) mass is 454 g/mol. The molecule has 1 aliphatic carbocycles. The lowest BCUT2D eigenvalue weighted by Gasteiger charge is -2.44. The van der Waals surface area contributed by atoms with Crippen LogP contribution in [0.25, 0.3) is 0 Å². The first-order valence-electron chi connectivity index (χ1n) is 11.3. The van der Waals surface area contributed by atoms with Crippen molar-refractivity contribution in [3.05, 3.63) is 47.3 Å². The molecule has 1 saturated carbocycles. The van der Waals surface area contributed by atoms with Gasteiger partial charge in [-0.3, -0.25) is 14.3 Å². The lowest BCUT2D eigenvalue weighted by Crippen LogP contribution is -2.64. The zero-order chi connectivity index (χ0) is 23.6. The highest BCUT2D eigenvalue weighted by Gasteiger charge is 2.48. The molecule has 9 nitrogen and oxygen atoms in total. The van der Waals surface area contributed by atoms with Gasteiger partial charge in [0.2, 0.25) is 5.91 Å². The standard InChI is InChI=1S/C24H30N4O5/c1-24(23(31)25-17-9-5-4-6-10-17)15-28-20(13-19(26-28)22(30)33-3)21(29)27(24)14-16-8-7-11-18(12-16)32-2/h7-8,11-13,17H,4-6,9-10,14-15H2,1-3H3,(H,25,31). The highest BCUT2D eigenvalue weighted by atomic mass is 16.5. The van der Waals surface area contributed by atoms with Gasteiger partial charge in [0.1, 0.15) is 17.0 Å². The summed E-state index contributed by atoms with van der Waals surface area (Å²) in [6, 6.07) is 8.93. The van der Waals surface area contributed by atoms with Crippen molar-refractivity contribution in [1.82, 2.24) is 20.0 Å². The van der Waals surface area contributed by atoms with E-state index < -0.39 is 11.5 Å². The van der Waals surface area contributed by atoms with Gasteiger partial charge in [0, 0.05) is 18.7 Å². The number of esters is 1. The molecule has 2 aromatic rings. The van der Waals surface area contributed by atoms with Crippen LogP contribution < -0.4 is 10.1 Å². The molecule has 1 atom stereocenters. The molecular weight excluding hydrogens is 424 g/mol. The van der Waals surface area contributed by atoms with Gasteiger partial charge in [-0.2, -0.15) is 5.10 Å². The summed E-state index contributed by atoms with van der Waals surface area (Å²) in [4.78, 5) is 40.8. The summed E-state index contributed by atoms with van der Waals surface area (Å²) in [5, 5.41) is 7.43. The molecule has 1 aromatic heterocycles. The Balaban J connectivity index is 1.69. The summed E-state index contributed by atoms with van der Waals surface area (Å²) >= 11 is 0. The molecule has 0 spiro atoms. The van der Waals surface area contributed by atoms with E-state index in [2.05, 4.69) is 10.4 Å². The second-order valence-electron chi connectivity index (χ2n) is 8.89. The van der Waals surface area contributed by atoms with Crippen molar-refractivity contribution < 1.29 is 23.9 Å². The molecule has 9 heteroatoms.